The maximum absolute atomic E-state index is 11.8. The molecule has 4 nitrogen and oxygen atoms in total. The van der Waals surface area contributed by atoms with Gasteiger partial charge in [0.05, 0.1) is 0 Å². The van der Waals surface area contributed by atoms with E-state index in [0.29, 0.717) is 24.2 Å². The fourth-order valence-electron chi connectivity index (χ4n) is 1.88. The molecular formula is C11H12N2O2. The van der Waals surface area contributed by atoms with Gasteiger partial charge in [-0.3, -0.25) is 9.59 Å². The molecule has 0 aromatic heterocycles. The summed E-state index contributed by atoms with van der Waals surface area (Å²) in [5.41, 5.74) is 7.07. The van der Waals surface area contributed by atoms with Crippen molar-refractivity contribution < 1.29 is 9.59 Å². The quantitative estimate of drug-likeness (QED) is 0.773. The van der Waals surface area contributed by atoms with Gasteiger partial charge in [0.1, 0.15) is 0 Å². The van der Waals surface area contributed by atoms with Crippen LogP contribution in [0.25, 0.3) is 0 Å². The predicted molar refractivity (Wildman–Crippen MR) is 55.4 cm³/mol. The Morgan fingerprint density at radius 1 is 1.53 bits per heavy atom. The van der Waals surface area contributed by atoms with Crippen LogP contribution in [0, 0.1) is 0 Å². The Kier molecular flexibility index (Phi) is 2.19. The Morgan fingerprint density at radius 3 is 2.87 bits per heavy atom. The number of rotatable bonds is 2. The maximum atomic E-state index is 11.8. The molecule has 0 saturated carbocycles. The molecule has 0 atom stereocenters. The normalized spacial score (nSPS) is 14.2. The van der Waals surface area contributed by atoms with Crippen LogP contribution in [-0.4, -0.2) is 23.3 Å². The second-order valence-electron chi connectivity index (χ2n) is 3.52. The van der Waals surface area contributed by atoms with Gasteiger partial charge in [0.25, 0.3) is 5.91 Å². The van der Waals surface area contributed by atoms with Gasteiger partial charge in [0, 0.05) is 24.2 Å². The van der Waals surface area contributed by atoms with Crippen molar-refractivity contribution in [2.75, 3.05) is 6.54 Å². The largest absolute Gasteiger partial charge is 0.366 e. The molecule has 2 amide bonds. The predicted octanol–water partition coefficient (Wildman–Crippen LogP) is 0.761. The molecule has 1 aromatic carbocycles. The van der Waals surface area contributed by atoms with E-state index in [4.69, 9.17) is 5.73 Å². The number of amides is 2. The van der Waals surface area contributed by atoms with Gasteiger partial charge in [-0.25, -0.2) is 0 Å². The number of nitrogens with two attached hydrogens (primary N) is 1. The summed E-state index contributed by atoms with van der Waals surface area (Å²) in [6.07, 6.45) is 0. The summed E-state index contributed by atoms with van der Waals surface area (Å²) >= 11 is 0. The molecule has 0 aliphatic carbocycles. The Bertz CT molecular complexity index is 440. The summed E-state index contributed by atoms with van der Waals surface area (Å²) in [5, 5.41) is 0. The minimum atomic E-state index is -0.474. The number of fused-ring (bicyclic) bond motifs is 1. The third kappa shape index (κ3) is 1.38. The lowest BCUT2D eigenvalue weighted by Gasteiger charge is -2.11. The van der Waals surface area contributed by atoms with E-state index in [0.717, 1.165) is 5.56 Å². The molecule has 15 heavy (non-hydrogen) atoms. The van der Waals surface area contributed by atoms with Gasteiger partial charge in [0.15, 0.2) is 0 Å². The molecule has 2 rings (SSSR count). The zero-order valence-electron chi connectivity index (χ0n) is 8.49. The van der Waals surface area contributed by atoms with Gasteiger partial charge >= 0.3 is 0 Å². The van der Waals surface area contributed by atoms with Crippen LogP contribution < -0.4 is 5.73 Å². The maximum Gasteiger partial charge on any atom is 0.254 e. The number of carbonyl (C=O) groups is 2. The van der Waals surface area contributed by atoms with E-state index >= 15 is 0 Å². The van der Waals surface area contributed by atoms with Crippen LogP contribution in [0.15, 0.2) is 18.2 Å². The summed E-state index contributed by atoms with van der Waals surface area (Å²) < 4.78 is 0. The number of hydrogen-bond acceptors (Lipinski definition) is 2. The van der Waals surface area contributed by atoms with Crippen LogP contribution in [0.4, 0.5) is 0 Å². The smallest absolute Gasteiger partial charge is 0.254 e. The molecule has 4 heteroatoms. The number of hydrogen-bond donors (Lipinski definition) is 1. The number of benzene rings is 1. The molecule has 1 aromatic rings. The molecule has 78 valence electrons. The van der Waals surface area contributed by atoms with Gasteiger partial charge < -0.3 is 10.6 Å². The topological polar surface area (TPSA) is 63.4 Å². The van der Waals surface area contributed by atoms with E-state index in [1.165, 1.54) is 0 Å². The van der Waals surface area contributed by atoms with Crippen molar-refractivity contribution in [2.24, 2.45) is 5.73 Å². The highest BCUT2D eigenvalue weighted by atomic mass is 16.2. The Morgan fingerprint density at radius 2 is 2.27 bits per heavy atom. The highest BCUT2D eigenvalue weighted by Gasteiger charge is 2.28. The van der Waals surface area contributed by atoms with E-state index in [-0.39, 0.29) is 5.91 Å². The Balaban J connectivity index is 2.53. The lowest BCUT2D eigenvalue weighted by Crippen LogP contribution is -2.23. The van der Waals surface area contributed by atoms with Crippen LogP contribution in [0.2, 0.25) is 0 Å². The van der Waals surface area contributed by atoms with Crippen LogP contribution >= 0.6 is 0 Å². The third-order valence-corrected chi connectivity index (χ3v) is 2.69. The minimum absolute atomic E-state index is 0.0180. The monoisotopic (exact) mass is 204 g/mol. The molecule has 1 aliphatic rings. The molecule has 0 saturated heterocycles. The average molecular weight is 204 g/mol. The van der Waals surface area contributed by atoms with Crippen LogP contribution in [0.1, 0.15) is 33.2 Å². The van der Waals surface area contributed by atoms with Gasteiger partial charge in [0.2, 0.25) is 5.91 Å². The summed E-state index contributed by atoms with van der Waals surface area (Å²) in [4.78, 5) is 24.6. The first-order chi connectivity index (χ1) is 7.15. The van der Waals surface area contributed by atoms with Crippen molar-refractivity contribution in [3.8, 4) is 0 Å². The van der Waals surface area contributed by atoms with Gasteiger partial charge in [-0.2, -0.15) is 0 Å². The Labute approximate surface area is 87.7 Å². The molecule has 1 heterocycles. The first kappa shape index (κ1) is 9.71. The van der Waals surface area contributed by atoms with Gasteiger partial charge in [-0.05, 0) is 24.6 Å². The fourth-order valence-corrected chi connectivity index (χ4v) is 1.88. The SMILES string of the molecule is CCN1Cc2c(C(N)=O)cccc2C1=O. The second-order valence-corrected chi connectivity index (χ2v) is 3.52. The second kappa shape index (κ2) is 3.38. The summed E-state index contributed by atoms with van der Waals surface area (Å²) in [6.45, 7) is 3.04. The highest BCUT2D eigenvalue weighted by molar-refractivity contribution is 6.03. The van der Waals surface area contributed by atoms with E-state index < -0.39 is 5.91 Å². The van der Waals surface area contributed by atoms with E-state index in [9.17, 15) is 9.59 Å². The molecular weight excluding hydrogens is 192 g/mol. The summed E-state index contributed by atoms with van der Waals surface area (Å²) in [6, 6.07) is 5.09. The lowest BCUT2D eigenvalue weighted by atomic mass is 10.0. The van der Waals surface area contributed by atoms with E-state index in [2.05, 4.69) is 0 Å². The molecule has 0 bridgehead atoms. The van der Waals surface area contributed by atoms with Crippen molar-refractivity contribution >= 4 is 11.8 Å². The van der Waals surface area contributed by atoms with Crippen LogP contribution in [-0.2, 0) is 6.54 Å². The number of carbonyl (C=O) groups excluding carboxylic acids is 2. The number of primary amides is 1. The van der Waals surface area contributed by atoms with Crippen molar-refractivity contribution in [2.45, 2.75) is 13.5 Å². The third-order valence-electron chi connectivity index (χ3n) is 2.69. The molecule has 0 radical (unpaired) electrons. The average Bonchev–Trinajstić information content (AvgIpc) is 2.55. The van der Waals surface area contributed by atoms with Crippen LogP contribution in [0.3, 0.4) is 0 Å². The standard InChI is InChI=1S/C11H12N2O2/c1-2-13-6-9-7(10(12)14)4-3-5-8(9)11(13)15/h3-5H,2,6H2,1H3,(H2,12,14). The first-order valence-electron chi connectivity index (χ1n) is 4.86. The van der Waals surface area contributed by atoms with Gasteiger partial charge in [-0.1, -0.05) is 6.07 Å². The summed E-state index contributed by atoms with van der Waals surface area (Å²) in [5.74, 6) is -0.492. The summed E-state index contributed by atoms with van der Waals surface area (Å²) in [7, 11) is 0. The van der Waals surface area contributed by atoms with E-state index in [1.54, 1.807) is 23.1 Å². The zero-order chi connectivity index (χ0) is 11.0. The molecule has 0 spiro atoms. The van der Waals surface area contributed by atoms with Crippen molar-refractivity contribution in [1.82, 2.24) is 4.90 Å². The lowest BCUT2D eigenvalue weighted by molar-refractivity contribution is 0.0786. The highest BCUT2D eigenvalue weighted by Crippen LogP contribution is 2.25. The fraction of sp³-hybridized carbons (Fsp3) is 0.273. The van der Waals surface area contributed by atoms with Gasteiger partial charge in [-0.15, -0.1) is 0 Å². The first-order valence-corrected chi connectivity index (χ1v) is 4.86. The Hall–Kier alpha value is -1.84. The molecule has 0 unspecified atom stereocenters. The minimum Gasteiger partial charge on any atom is -0.366 e. The van der Waals surface area contributed by atoms with Crippen molar-refractivity contribution in [1.29, 1.82) is 0 Å². The van der Waals surface area contributed by atoms with E-state index in [1.807, 2.05) is 6.92 Å². The van der Waals surface area contributed by atoms with Crippen molar-refractivity contribution in [3.05, 3.63) is 34.9 Å². The molecule has 1 aliphatic heterocycles. The van der Waals surface area contributed by atoms with Crippen LogP contribution in [0.5, 0.6) is 0 Å². The molecule has 0 fully saturated rings. The number of nitrogens with zero attached hydrogens (tertiary/aromatic N) is 1. The zero-order valence-corrected chi connectivity index (χ0v) is 8.49. The van der Waals surface area contributed by atoms with Crippen molar-refractivity contribution in [3.63, 3.8) is 0 Å². The molecule has 2 N–H and O–H groups in total.